The molecule has 0 spiro atoms. The van der Waals surface area contributed by atoms with Gasteiger partial charge in [0.15, 0.2) is 12.4 Å². The Labute approximate surface area is 254 Å². The van der Waals surface area contributed by atoms with Crippen LogP contribution in [-0.4, -0.2) is 33.3 Å². The van der Waals surface area contributed by atoms with Crippen LogP contribution < -0.4 is 15.6 Å². The molecule has 11 nitrogen and oxygen atoms in total. The summed E-state index contributed by atoms with van der Waals surface area (Å²) in [6, 6.07) is 24.7. The largest absolute Gasteiger partial charge is 0.483 e. The van der Waals surface area contributed by atoms with Crippen molar-refractivity contribution in [3.8, 4) is 17.3 Å². The zero-order chi connectivity index (χ0) is 30.8. The van der Waals surface area contributed by atoms with Gasteiger partial charge in [-0.05, 0) is 61.0 Å². The molecule has 0 atom stereocenters. The number of nitrogens with zero attached hydrogens (tertiary/aromatic N) is 4. The predicted octanol–water partition coefficient (Wildman–Crippen LogP) is 6.58. The molecule has 2 heterocycles. The number of fused-ring (bicyclic) bond motifs is 2. The lowest BCUT2D eigenvalue weighted by Crippen LogP contribution is -2.21. The quantitative estimate of drug-likeness (QED) is 0.117. The van der Waals surface area contributed by atoms with Crippen molar-refractivity contribution < 1.29 is 18.9 Å². The third-order valence-electron chi connectivity index (χ3n) is 6.75. The van der Waals surface area contributed by atoms with Gasteiger partial charge in [-0.1, -0.05) is 41.9 Å². The number of aromatic nitrogens is 2. The highest BCUT2D eigenvalue weighted by atomic mass is 35.5. The summed E-state index contributed by atoms with van der Waals surface area (Å²) in [5, 5.41) is 20.2. The highest BCUT2D eigenvalue weighted by Crippen LogP contribution is 2.29. The second-order valence-electron chi connectivity index (χ2n) is 9.74. The Bertz CT molecular complexity index is 2170. The minimum absolute atomic E-state index is 0.0998. The fourth-order valence-electron chi connectivity index (χ4n) is 4.56. The Morgan fingerprint density at radius 2 is 1.89 bits per heavy atom. The van der Waals surface area contributed by atoms with Gasteiger partial charge in [-0.25, -0.2) is 4.98 Å². The van der Waals surface area contributed by atoms with Crippen LogP contribution in [0.2, 0.25) is 5.02 Å². The Kier molecular flexibility index (Phi) is 7.61. The van der Waals surface area contributed by atoms with Gasteiger partial charge in [0.2, 0.25) is 5.82 Å². The molecule has 0 fully saturated rings. The molecule has 0 saturated carbocycles. The van der Waals surface area contributed by atoms with Gasteiger partial charge in [-0.3, -0.25) is 19.7 Å². The number of halogens is 1. The van der Waals surface area contributed by atoms with Crippen LogP contribution in [0.15, 0.2) is 105 Å². The van der Waals surface area contributed by atoms with Crippen molar-refractivity contribution in [1.29, 1.82) is 0 Å². The number of nitro benzene ring substituents is 1. The van der Waals surface area contributed by atoms with Gasteiger partial charge in [0.25, 0.3) is 17.2 Å². The molecule has 0 bridgehead atoms. The van der Waals surface area contributed by atoms with Crippen LogP contribution in [0.5, 0.6) is 5.75 Å². The van der Waals surface area contributed by atoms with E-state index in [0.29, 0.717) is 32.6 Å². The Balaban J connectivity index is 1.39. The lowest BCUT2D eigenvalue weighted by molar-refractivity contribution is -0.384. The third-order valence-corrected chi connectivity index (χ3v) is 6.98. The fourth-order valence-corrected chi connectivity index (χ4v) is 4.74. The molecule has 44 heavy (non-hydrogen) atoms. The van der Waals surface area contributed by atoms with Crippen LogP contribution in [0, 0.1) is 17.0 Å². The predicted molar refractivity (Wildman–Crippen MR) is 168 cm³/mol. The number of anilines is 1. The first-order chi connectivity index (χ1) is 21.3. The molecule has 0 radical (unpaired) electrons. The molecular formula is C32H22ClN5O6. The van der Waals surface area contributed by atoms with E-state index in [2.05, 4.69) is 15.4 Å². The number of rotatable bonds is 8. The topological polar surface area (TPSA) is 142 Å². The smallest absolute Gasteiger partial charge is 0.282 e. The summed E-state index contributed by atoms with van der Waals surface area (Å²) in [5.41, 5.74) is 1.90. The van der Waals surface area contributed by atoms with Crippen LogP contribution in [-0.2, 0) is 4.79 Å². The summed E-state index contributed by atoms with van der Waals surface area (Å²) in [7, 11) is 0. The van der Waals surface area contributed by atoms with Crippen LogP contribution in [0.25, 0.3) is 33.5 Å². The van der Waals surface area contributed by atoms with Crippen molar-refractivity contribution in [3.05, 3.63) is 128 Å². The number of hydrogen-bond acceptors (Lipinski definition) is 8. The summed E-state index contributed by atoms with van der Waals surface area (Å²) >= 11 is 6.15. The first-order valence-corrected chi connectivity index (χ1v) is 13.7. The number of nitrogens with one attached hydrogen (secondary N) is 1. The number of furan rings is 1. The average Bonchev–Trinajstić information content (AvgIpc) is 3.44. The van der Waals surface area contributed by atoms with Crippen molar-refractivity contribution in [2.75, 3.05) is 11.9 Å². The second-order valence-corrected chi connectivity index (χ2v) is 10.2. The zero-order valence-electron chi connectivity index (χ0n) is 23.1. The summed E-state index contributed by atoms with van der Waals surface area (Å²) in [5.74, 6) is 0.0669. The number of carbonyl (C=O) groups is 1. The van der Waals surface area contributed by atoms with Crippen LogP contribution in [0.3, 0.4) is 0 Å². The summed E-state index contributed by atoms with van der Waals surface area (Å²) in [6.07, 6.45) is 1.24. The molecule has 1 amide bonds. The number of carbonyl (C=O) groups excluding carboxylic acids is 1. The molecule has 6 rings (SSSR count). The maximum absolute atomic E-state index is 13.6. The number of aryl methyl sites for hydroxylation is 1. The van der Waals surface area contributed by atoms with Crippen LogP contribution in [0.4, 0.5) is 11.4 Å². The van der Waals surface area contributed by atoms with Gasteiger partial charge in [0.1, 0.15) is 11.3 Å². The normalized spacial score (nSPS) is 11.3. The molecule has 0 unspecified atom stereocenters. The van der Waals surface area contributed by atoms with Crippen molar-refractivity contribution >= 4 is 57.0 Å². The number of ether oxygens (including phenoxy) is 1. The molecule has 0 saturated heterocycles. The van der Waals surface area contributed by atoms with E-state index in [1.165, 1.54) is 24.4 Å². The fraction of sp³-hybridized carbons (Fsp3) is 0.0625. The number of amides is 1. The number of benzene rings is 4. The maximum atomic E-state index is 13.6. The first kappa shape index (κ1) is 28.3. The minimum atomic E-state index is -0.569. The Morgan fingerprint density at radius 1 is 1.09 bits per heavy atom. The van der Waals surface area contributed by atoms with Crippen molar-refractivity contribution in [2.24, 2.45) is 5.10 Å². The van der Waals surface area contributed by atoms with Gasteiger partial charge in [0.05, 0.1) is 22.0 Å². The minimum Gasteiger partial charge on any atom is -0.483 e. The molecule has 1 N–H and O–H groups in total. The van der Waals surface area contributed by atoms with Gasteiger partial charge in [-0.15, -0.1) is 0 Å². The van der Waals surface area contributed by atoms with Gasteiger partial charge in [0, 0.05) is 33.8 Å². The molecule has 4 aromatic carbocycles. The first-order valence-electron chi connectivity index (χ1n) is 13.3. The van der Waals surface area contributed by atoms with E-state index in [0.717, 1.165) is 10.2 Å². The molecule has 218 valence electrons. The molecule has 0 aliphatic heterocycles. The second kappa shape index (κ2) is 11.8. The molecule has 0 aliphatic rings. The lowest BCUT2D eigenvalue weighted by atomic mass is 10.2. The van der Waals surface area contributed by atoms with E-state index in [1.54, 1.807) is 60.7 Å². The Hall–Kier alpha value is -5.81. The van der Waals surface area contributed by atoms with Crippen molar-refractivity contribution in [1.82, 2.24) is 9.66 Å². The zero-order valence-corrected chi connectivity index (χ0v) is 23.8. The number of non-ortho nitro benzene ring substituents is 1. The van der Waals surface area contributed by atoms with Gasteiger partial charge >= 0.3 is 0 Å². The molecule has 2 aromatic heterocycles. The third kappa shape index (κ3) is 5.76. The van der Waals surface area contributed by atoms with E-state index >= 15 is 0 Å². The average molecular weight is 608 g/mol. The SMILES string of the molecule is Cc1ccccc1NC(=O)COc1ccc([N+](=O)[O-])cc1C=Nn1c(-c2cc3cc(Cl)ccc3o2)nc2ccccc2c1=O. The monoisotopic (exact) mass is 607 g/mol. The molecule has 12 heteroatoms. The van der Waals surface area contributed by atoms with Gasteiger partial charge < -0.3 is 14.5 Å². The summed E-state index contributed by atoms with van der Waals surface area (Å²) in [6.45, 7) is 1.48. The van der Waals surface area contributed by atoms with Crippen LogP contribution in [0.1, 0.15) is 11.1 Å². The Morgan fingerprint density at radius 3 is 2.70 bits per heavy atom. The summed E-state index contributed by atoms with van der Waals surface area (Å²) in [4.78, 5) is 41.9. The lowest BCUT2D eigenvalue weighted by Gasteiger charge is -2.11. The maximum Gasteiger partial charge on any atom is 0.282 e. The van der Waals surface area contributed by atoms with E-state index in [4.69, 9.17) is 20.8 Å². The van der Waals surface area contributed by atoms with E-state index in [1.807, 2.05) is 19.1 Å². The standard InChI is InChI=1S/C32H22ClN5O6/c1-19-6-2-4-8-25(19)35-30(39)18-43-27-13-11-23(38(41)42)15-21(27)17-34-37-31(36-26-9-5-3-7-24(26)32(37)40)29-16-20-14-22(33)10-12-28(20)44-29/h2-17H,18H2,1H3,(H,35,39). The number of para-hydroxylation sites is 2. The van der Waals surface area contributed by atoms with Crippen molar-refractivity contribution in [3.63, 3.8) is 0 Å². The summed E-state index contributed by atoms with van der Waals surface area (Å²) < 4.78 is 12.8. The van der Waals surface area contributed by atoms with Gasteiger partial charge in [-0.2, -0.15) is 9.78 Å². The number of hydrogen-bond donors (Lipinski definition) is 1. The van der Waals surface area contributed by atoms with E-state index < -0.39 is 16.4 Å². The number of nitro groups is 1. The molecule has 6 aromatic rings. The van der Waals surface area contributed by atoms with Crippen LogP contribution >= 0.6 is 11.6 Å². The molecular weight excluding hydrogens is 586 g/mol. The highest BCUT2D eigenvalue weighted by molar-refractivity contribution is 6.31. The van der Waals surface area contributed by atoms with E-state index in [-0.39, 0.29) is 35.2 Å². The highest BCUT2D eigenvalue weighted by Gasteiger charge is 2.18. The molecule has 0 aliphatic carbocycles. The van der Waals surface area contributed by atoms with Crippen molar-refractivity contribution in [2.45, 2.75) is 6.92 Å². The van der Waals surface area contributed by atoms with E-state index in [9.17, 15) is 19.7 Å².